The van der Waals surface area contributed by atoms with E-state index in [4.69, 9.17) is 5.11 Å². The molecule has 0 saturated carbocycles. The summed E-state index contributed by atoms with van der Waals surface area (Å²) in [5.41, 5.74) is 2.35. The third-order valence-corrected chi connectivity index (χ3v) is 2.55. The first-order valence-corrected chi connectivity index (χ1v) is 4.91. The van der Waals surface area contributed by atoms with Crippen molar-refractivity contribution in [2.24, 2.45) is 7.05 Å². The molecule has 4 heteroatoms. The van der Waals surface area contributed by atoms with Gasteiger partial charge in [0, 0.05) is 30.4 Å². The molecule has 80 valence electrons. The molecule has 0 aliphatic rings. The van der Waals surface area contributed by atoms with Crippen molar-refractivity contribution in [2.45, 2.75) is 32.9 Å². The molecule has 1 rings (SSSR count). The minimum atomic E-state index is 0.115. The van der Waals surface area contributed by atoms with Gasteiger partial charge in [0.15, 0.2) is 0 Å². The highest BCUT2D eigenvalue weighted by Gasteiger charge is 2.13. The summed E-state index contributed by atoms with van der Waals surface area (Å²) in [5, 5.41) is 16.4. The van der Waals surface area contributed by atoms with Crippen LogP contribution in [0.4, 0.5) is 0 Å². The molecular weight excluding hydrogens is 178 g/mol. The summed E-state index contributed by atoms with van der Waals surface area (Å²) in [6.45, 7) is 6.24. The number of aliphatic hydroxyl groups is 1. The van der Waals surface area contributed by atoms with Gasteiger partial charge in [0.25, 0.3) is 0 Å². The van der Waals surface area contributed by atoms with E-state index in [0.717, 1.165) is 5.69 Å². The molecule has 0 saturated heterocycles. The van der Waals surface area contributed by atoms with E-state index in [1.165, 1.54) is 5.56 Å². The van der Waals surface area contributed by atoms with Crippen molar-refractivity contribution < 1.29 is 5.11 Å². The van der Waals surface area contributed by atoms with Crippen LogP contribution in [0.25, 0.3) is 0 Å². The summed E-state index contributed by atoms with van der Waals surface area (Å²) >= 11 is 0. The van der Waals surface area contributed by atoms with Crippen molar-refractivity contribution in [3.05, 3.63) is 17.5 Å². The van der Waals surface area contributed by atoms with E-state index >= 15 is 0 Å². The zero-order chi connectivity index (χ0) is 10.7. The summed E-state index contributed by atoms with van der Waals surface area (Å²) < 4.78 is 1.86. The van der Waals surface area contributed by atoms with Gasteiger partial charge in [-0.2, -0.15) is 5.10 Å². The van der Waals surface area contributed by atoms with Crippen LogP contribution < -0.4 is 5.32 Å². The van der Waals surface area contributed by atoms with Gasteiger partial charge in [-0.1, -0.05) is 0 Å². The third kappa shape index (κ3) is 2.33. The van der Waals surface area contributed by atoms with E-state index in [9.17, 15) is 0 Å². The van der Waals surface area contributed by atoms with Crippen molar-refractivity contribution >= 4 is 0 Å². The summed E-state index contributed by atoms with van der Waals surface area (Å²) in [7, 11) is 1.93. The molecule has 1 aromatic rings. The topological polar surface area (TPSA) is 50.1 Å². The summed E-state index contributed by atoms with van der Waals surface area (Å²) in [6, 6.07) is 0.343. The predicted molar refractivity (Wildman–Crippen MR) is 56.0 cm³/mol. The largest absolute Gasteiger partial charge is 0.395 e. The fraction of sp³-hybridized carbons (Fsp3) is 0.700. The van der Waals surface area contributed by atoms with Crippen molar-refractivity contribution in [1.29, 1.82) is 0 Å². The molecule has 1 heterocycles. The maximum absolute atomic E-state index is 8.92. The summed E-state index contributed by atoms with van der Waals surface area (Å²) in [5.74, 6) is 0. The molecule has 0 aromatic carbocycles. The Morgan fingerprint density at radius 1 is 1.57 bits per heavy atom. The lowest BCUT2D eigenvalue weighted by Crippen LogP contribution is -2.31. The van der Waals surface area contributed by atoms with Gasteiger partial charge in [-0.05, 0) is 20.8 Å². The molecule has 1 unspecified atom stereocenters. The van der Waals surface area contributed by atoms with E-state index in [2.05, 4.69) is 17.3 Å². The van der Waals surface area contributed by atoms with Gasteiger partial charge in [-0.25, -0.2) is 0 Å². The quantitative estimate of drug-likeness (QED) is 0.749. The molecule has 0 fully saturated rings. The minimum absolute atomic E-state index is 0.115. The molecule has 2 atom stereocenters. The first kappa shape index (κ1) is 11.2. The molecule has 0 radical (unpaired) electrons. The first-order chi connectivity index (χ1) is 6.56. The second kappa shape index (κ2) is 4.57. The maximum atomic E-state index is 8.92. The van der Waals surface area contributed by atoms with Crippen LogP contribution in [0.1, 0.15) is 31.1 Å². The maximum Gasteiger partial charge on any atom is 0.0582 e. The molecule has 0 bridgehead atoms. The average molecular weight is 197 g/mol. The van der Waals surface area contributed by atoms with Crippen LogP contribution in [-0.4, -0.2) is 27.5 Å². The van der Waals surface area contributed by atoms with Crippen LogP contribution in [0.5, 0.6) is 0 Å². The summed E-state index contributed by atoms with van der Waals surface area (Å²) in [4.78, 5) is 0. The zero-order valence-electron chi connectivity index (χ0n) is 9.28. The van der Waals surface area contributed by atoms with E-state index in [1.807, 2.05) is 31.8 Å². The Bertz CT molecular complexity index is 296. The average Bonchev–Trinajstić information content (AvgIpc) is 2.47. The van der Waals surface area contributed by atoms with E-state index in [-0.39, 0.29) is 18.7 Å². The van der Waals surface area contributed by atoms with Crippen LogP contribution in [0.15, 0.2) is 6.20 Å². The molecule has 0 spiro atoms. The number of aryl methyl sites for hydroxylation is 1. The van der Waals surface area contributed by atoms with Gasteiger partial charge in [0.05, 0.1) is 12.8 Å². The normalized spacial score (nSPS) is 15.5. The Morgan fingerprint density at radius 3 is 2.64 bits per heavy atom. The lowest BCUT2D eigenvalue weighted by molar-refractivity contribution is 0.243. The lowest BCUT2D eigenvalue weighted by atomic mass is 10.1. The van der Waals surface area contributed by atoms with Gasteiger partial charge in [-0.15, -0.1) is 0 Å². The Kier molecular flexibility index (Phi) is 3.66. The molecule has 14 heavy (non-hydrogen) atoms. The standard InChI is InChI=1S/C10H19N3O/c1-7(6-14)12-8(2)10-5-11-13(4)9(10)3/h5,7-8,12,14H,6H2,1-4H3/t7-,8?/m1/s1. The van der Waals surface area contributed by atoms with Crippen LogP contribution in [0.3, 0.4) is 0 Å². The molecular formula is C10H19N3O. The Hall–Kier alpha value is -0.870. The highest BCUT2D eigenvalue weighted by molar-refractivity contribution is 5.19. The van der Waals surface area contributed by atoms with Gasteiger partial charge < -0.3 is 10.4 Å². The van der Waals surface area contributed by atoms with Gasteiger partial charge in [0.2, 0.25) is 0 Å². The van der Waals surface area contributed by atoms with Gasteiger partial charge in [0.1, 0.15) is 0 Å². The number of hydrogen-bond acceptors (Lipinski definition) is 3. The molecule has 1 aromatic heterocycles. The van der Waals surface area contributed by atoms with Crippen LogP contribution in [-0.2, 0) is 7.05 Å². The van der Waals surface area contributed by atoms with Gasteiger partial charge >= 0.3 is 0 Å². The Balaban J connectivity index is 2.69. The second-order valence-electron chi connectivity index (χ2n) is 3.78. The number of rotatable bonds is 4. The fourth-order valence-electron chi connectivity index (χ4n) is 1.51. The number of aromatic nitrogens is 2. The minimum Gasteiger partial charge on any atom is -0.395 e. The molecule has 0 aliphatic heterocycles. The number of nitrogens with zero attached hydrogens (tertiary/aromatic N) is 2. The van der Waals surface area contributed by atoms with Crippen LogP contribution >= 0.6 is 0 Å². The third-order valence-electron chi connectivity index (χ3n) is 2.55. The highest BCUT2D eigenvalue weighted by Crippen LogP contribution is 2.16. The zero-order valence-corrected chi connectivity index (χ0v) is 9.28. The van der Waals surface area contributed by atoms with E-state index in [1.54, 1.807) is 0 Å². The smallest absolute Gasteiger partial charge is 0.0582 e. The molecule has 0 amide bonds. The lowest BCUT2D eigenvalue weighted by Gasteiger charge is -2.17. The Labute approximate surface area is 84.9 Å². The number of hydrogen-bond donors (Lipinski definition) is 2. The van der Waals surface area contributed by atoms with E-state index < -0.39 is 0 Å². The first-order valence-electron chi connectivity index (χ1n) is 4.91. The second-order valence-corrected chi connectivity index (χ2v) is 3.78. The molecule has 2 N–H and O–H groups in total. The fourth-order valence-corrected chi connectivity index (χ4v) is 1.51. The van der Waals surface area contributed by atoms with Crippen molar-refractivity contribution in [3.8, 4) is 0 Å². The summed E-state index contributed by atoms with van der Waals surface area (Å²) in [6.07, 6.45) is 1.87. The van der Waals surface area contributed by atoms with Crippen molar-refractivity contribution in [2.75, 3.05) is 6.61 Å². The van der Waals surface area contributed by atoms with Crippen molar-refractivity contribution in [3.63, 3.8) is 0 Å². The number of aliphatic hydroxyl groups excluding tert-OH is 1. The molecule has 4 nitrogen and oxygen atoms in total. The molecule has 0 aliphatic carbocycles. The van der Waals surface area contributed by atoms with Crippen LogP contribution in [0.2, 0.25) is 0 Å². The van der Waals surface area contributed by atoms with E-state index in [0.29, 0.717) is 0 Å². The van der Waals surface area contributed by atoms with Crippen LogP contribution in [0, 0.1) is 6.92 Å². The monoisotopic (exact) mass is 197 g/mol. The Morgan fingerprint density at radius 2 is 2.21 bits per heavy atom. The SMILES string of the molecule is Cc1c(C(C)N[C@H](C)CO)cnn1C. The van der Waals surface area contributed by atoms with Crippen molar-refractivity contribution in [1.82, 2.24) is 15.1 Å². The highest BCUT2D eigenvalue weighted by atomic mass is 16.3. The van der Waals surface area contributed by atoms with Gasteiger partial charge in [-0.3, -0.25) is 4.68 Å². The number of nitrogens with one attached hydrogen (secondary N) is 1. The predicted octanol–water partition coefficient (Wildman–Crippen LogP) is 0.760.